The Balaban J connectivity index is 1.81. The maximum absolute atomic E-state index is 11.7. The van der Waals surface area contributed by atoms with Gasteiger partial charge in [0.15, 0.2) is 0 Å². The maximum Gasteiger partial charge on any atom is 0.234 e. The lowest BCUT2D eigenvalue weighted by molar-refractivity contribution is -0.122. The standard InChI is InChI=1S/C14H23N5O/c1-2-4-17-14(20)11-18-6-8-19(9-7-18)13-3-5-16-10-12(13)15/h3,5,10H,2,4,6-9,11,15H2,1H3,(H,17,20). The number of hydrogen-bond acceptors (Lipinski definition) is 5. The number of rotatable bonds is 5. The summed E-state index contributed by atoms with van der Waals surface area (Å²) in [5, 5.41) is 2.91. The van der Waals surface area contributed by atoms with Gasteiger partial charge in [-0.15, -0.1) is 0 Å². The number of carbonyl (C=O) groups is 1. The molecule has 1 fully saturated rings. The molecule has 1 amide bonds. The lowest BCUT2D eigenvalue weighted by Gasteiger charge is -2.36. The van der Waals surface area contributed by atoms with Crippen molar-refractivity contribution in [3.63, 3.8) is 0 Å². The second kappa shape index (κ2) is 7.09. The van der Waals surface area contributed by atoms with Gasteiger partial charge in [-0.2, -0.15) is 0 Å². The van der Waals surface area contributed by atoms with E-state index in [0.717, 1.165) is 44.8 Å². The van der Waals surface area contributed by atoms with Crippen LogP contribution in [0.1, 0.15) is 13.3 Å². The molecular weight excluding hydrogens is 254 g/mol. The molecule has 0 aliphatic carbocycles. The number of nitrogens with one attached hydrogen (secondary N) is 1. The molecule has 1 aromatic rings. The highest BCUT2D eigenvalue weighted by Crippen LogP contribution is 2.22. The zero-order valence-electron chi connectivity index (χ0n) is 12.0. The lowest BCUT2D eigenvalue weighted by atomic mass is 10.2. The van der Waals surface area contributed by atoms with Crippen molar-refractivity contribution in [1.29, 1.82) is 0 Å². The van der Waals surface area contributed by atoms with Gasteiger partial charge in [0.1, 0.15) is 0 Å². The van der Waals surface area contributed by atoms with Crippen LogP contribution in [-0.4, -0.2) is 55.1 Å². The van der Waals surface area contributed by atoms with Gasteiger partial charge in [-0.1, -0.05) is 6.92 Å². The van der Waals surface area contributed by atoms with E-state index in [1.165, 1.54) is 0 Å². The number of pyridine rings is 1. The van der Waals surface area contributed by atoms with Crippen LogP contribution in [0.5, 0.6) is 0 Å². The van der Waals surface area contributed by atoms with Gasteiger partial charge in [0.2, 0.25) is 5.91 Å². The quantitative estimate of drug-likeness (QED) is 0.810. The monoisotopic (exact) mass is 277 g/mol. The summed E-state index contributed by atoms with van der Waals surface area (Å²) in [6, 6.07) is 1.94. The molecule has 20 heavy (non-hydrogen) atoms. The normalized spacial score (nSPS) is 16.1. The molecule has 0 unspecified atom stereocenters. The number of anilines is 2. The van der Waals surface area contributed by atoms with Crippen LogP contribution in [0.2, 0.25) is 0 Å². The van der Waals surface area contributed by atoms with Gasteiger partial charge in [-0.3, -0.25) is 14.7 Å². The van der Waals surface area contributed by atoms with Crippen LogP contribution in [-0.2, 0) is 4.79 Å². The summed E-state index contributed by atoms with van der Waals surface area (Å²) in [5.74, 6) is 0.115. The van der Waals surface area contributed by atoms with Crippen molar-refractivity contribution in [3.8, 4) is 0 Å². The van der Waals surface area contributed by atoms with E-state index in [0.29, 0.717) is 12.2 Å². The van der Waals surface area contributed by atoms with Crippen molar-refractivity contribution in [2.75, 3.05) is 49.9 Å². The Morgan fingerprint density at radius 3 is 2.80 bits per heavy atom. The number of nitrogen functional groups attached to an aromatic ring is 1. The summed E-state index contributed by atoms with van der Waals surface area (Å²) in [6.07, 6.45) is 4.41. The number of nitrogens with two attached hydrogens (primary N) is 1. The highest BCUT2D eigenvalue weighted by molar-refractivity contribution is 5.78. The third-order valence-electron chi connectivity index (χ3n) is 3.48. The van der Waals surface area contributed by atoms with E-state index in [1.54, 1.807) is 12.4 Å². The molecule has 0 spiro atoms. The largest absolute Gasteiger partial charge is 0.396 e. The molecular formula is C14H23N5O. The average Bonchev–Trinajstić information content (AvgIpc) is 2.47. The molecule has 2 rings (SSSR count). The number of aromatic nitrogens is 1. The Morgan fingerprint density at radius 1 is 1.40 bits per heavy atom. The molecule has 1 aliphatic rings. The Bertz CT molecular complexity index is 443. The van der Waals surface area contributed by atoms with Crippen LogP contribution in [0.25, 0.3) is 0 Å². The molecule has 0 atom stereocenters. The van der Waals surface area contributed by atoms with Crippen molar-refractivity contribution < 1.29 is 4.79 Å². The number of hydrogen-bond donors (Lipinski definition) is 2. The first kappa shape index (κ1) is 14.6. The van der Waals surface area contributed by atoms with Gasteiger partial charge in [0.25, 0.3) is 0 Å². The van der Waals surface area contributed by atoms with E-state index in [4.69, 9.17) is 5.73 Å². The fourth-order valence-corrected chi connectivity index (χ4v) is 2.36. The fourth-order valence-electron chi connectivity index (χ4n) is 2.36. The fraction of sp³-hybridized carbons (Fsp3) is 0.571. The summed E-state index contributed by atoms with van der Waals surface area (Å²) in [4.78, 5) is 20.1. The van der Waals surface area contributed by atoms with Gasteiger partial charge < -0.3 is 16.0 Å². The van der Waals surface area contributed by atoms with Crippen molar-refractivity contribution in [2.45, 2.75) is 13.3 Å². The summed E-state index contributed by atoms with van der Waals surface area (Å²) in [7, 11) is 0. The van der Waals surface area contributed by atoms with Crippen molar-refractivity contribution in [2.24, 2.45) is 0 Å². The Labute approximate surface area is 120 Å². The summed E-state index contributed by atoms with van der Waals surface area (Å²) in [5.41, 5.74) is 7.69. The Kier molecular flexibility index (Phi) is 5.17. The third kappa shape index (κ3) is 3.84. The van der Waals surface area contributed by atoms with Crippen molar-refractivity contribution in [1.82, 2.24) is 15.2 Å². The minimum absolute atomic E-state index is 0.115. The van der Waals surface area contributed by atoms with E-state index in [2.05, 4.69) is 27.0 Å². The predicted molar refractivity (Wildman–Crippen MR) is 80.6 cm³/mol. The number of piperazine rings is 1. The van der Waals surface area contributed by atoms with Gasteiger partial charge >= 0.3 is 0 Å². The van der Waals surface area contributed by atoms with E-state index < -0.39 is 0 Å². The van der Waals surface area contributed by atoms with Crippen LogP contribution in [0.3, 0.4) is 0 Å². The second-order valence-corrected chi connectivity index (χ2v) is 5.05. The summed E-state index contributed by atoms with van der Waals surface area (Å²) < 4.78 is 0. The molecule has 1 aromatic heterocycles. The third-order valence-corrected chi connectivity index (χ3v) is 3.48. The minimum Gasteiger partial charge on any atom is -0.396 e. The molecule has 1 saturated heterocycles. The topological polar surface area (TPSA) is 74.5 Å². The van der Waals surface area contributed by atoms with Crippen LogP contribution >= 0.6 is 0 Å². The number of carbonyl (C=O) groups excluding carboxylic acids is 1. The zero-order chi connectivity index (χ0) is 14.4. The molecule has 0 bridgehead atoms. The van der Waals surface area contributed by atoms with E-state index in [-0.39, 0.29) is 5.91 Å². The van der Waals surface area contributed by atoms with Crippen LogP contribution < -0.4 is 16.0 Å². The van der Waals surface area contributed by atoms with Gasteiger partial charge in [0, 0.05) is 38.9 Å². The molecule has 0 aromatic carbocycles. The van der Waals surface area contributed by atoms with E-state index in [1.807, 2.05) is 6.07 Å². The smallest absolute Gasteiger partial charge is 0.234 e. The zero-order valence-corrected chi connectivity index (χ0v) is 12.0. The van der Waals surface area contributed by atoms with Gasteiger partial charge in [-0.25, -0.2) is 0 Å². The summed E-state index contributed by atoms with van der Waals surface area (Å²) in [6.45, 7) is 6.82. The molecule has 110 valence electrons. The molecule has 0 saturated carbocycles. The second-order valence-electron chi connectivity index (χ2n) is 5.05. The highest BCUT2D eigenvalue weighted by atomic mass is 16.2. The minimum atomic E-state index is 0.115. The first-order chi connectivity index (χ1) is 9.70. The average molecular weight is 277 g/mol. The lowest BCUT2D eigenvalue weighted by Crippen LogP contribution is -2.49. The molecule has 6 nitrogen and oxygen atoms in total. The van der Waals surface area contributed by atoms with Crippen molar-refractivity contribution in [3.05, 3.63) is 18.5 Å². The van der Waals surface area contributed by atoms with E-state index >= 15 is 0 Å². The Hall–Kier alpha value is -1.82. The van der Waals surface area contributed by atoms with Crippen LogP contribution in [0.4, 0.5) is 11.4 Å². The van der Waals surface area contributed by atoms with E-state index in [9.17, 15) is 4.79 Å². The molecule has 1 aliphatic heterocycles. The maximum atomic E-state index is 11.7. The van der Waals surface area contributed by atoms with Gasteiger partial charge in [0.05, 0.1) is 24.1 Å². The molecule has 6 heteroatoms. The number of amides is 1. The SMILES string of the molecule is CCCNC(=O)CN1CCN(c2ccncc2N)CC1. The predicted octanol–water partition coefficient (Wildman–Crippen LogP) is 0.312. The highest BCUT2D eigenvalue weighted by Gasteiger charge is 2.20. The first-order valence-electron chi connectivity index (χ1n) is 7.14. The Morgan fingerprint density at radius 2 is 2.15 bits per heavy atom. The molecule has 0 radical (unpaired) electrons. The molecule has 3 N–H and O–H groups in total. The van der Waals surface area contributed by atoms with Crippen LogP contribution in [0.15, 0.2) is 18.5 Å². The van der Waals surface area contributed by atoms with Gasteiger partial charge in [-0.05, 0) is 12.5 Å². The molecule has 2 heterocycles. The first-order valence-corrected chi connectivity index (χ1v) is 7.14. The number of nitrogens with zero attached hydrogens (tertiary/aromatic N) is 3. The van der Waals surface area contributed by atoms with Crippen molar-refractivity contribution >= 4 is 17.3 Å². The van der Waals surface area contributed by atoms with Crippen LogP contribution in [0, 0.1) is 0 Å². The summed E-state index contributed by atoms with van der Waals surface area (Å²) >= 11 is 0.